The van der Waals surface area contributed by atoms with Gasteiger partial charge in [-0.15, -0.1) is 16.4 Å². The first kappa shape index (κ1) is 19.5. The van der Waals surface area contributed by atoms with Crippen molar-refractivity contribution in [2.24, 2.45) is 0 Å². The predicted molar refractivity (Wildman–Crippen MR) is 107 cm³/mol. The summed E-state index contributed by atoms with van der Waals surface area (Å²) >= 11 is 2.62. The molecule has 2 fully saturated rings. The van der Waals surface area contributed by atoms with E-state index in [1.54, 1.807) is 10.3 Å². The van der Waals surface area contributed by atoms with E-state index in [1.165, 1.54) is 11.3 Å². The number of amides is 2. The lowest BCUT2D eigenvalue weighted by Crippen LogP contribution is -2.48. The summed E-state index contributed by atoms with van der Waals surface area (Å²) in [6.07, 6.45) is 6.08. The number of hydrogen-bond acceptors (Lipinski definition) is 7. The van der Waals surface area contributed by atoms with Crippen LogP contribution in [0.25, 0.3) is 0 Å². The molecule has 0 spiro atoms. The lowest BCUT2D eigenvalue weighted by Gasteiger charge is -2.32. The Morgan fingerprint density at radius 3 is 2.79 bits per heavy atom. The molecule has 0 bridgehead atoms. The van der Waals surface area contributed by atoms with Gasteiger partial charge in [0, 0.05) is 29.5 Å². The fraction of sp³-hybridized carbons (Fsp3) is 0.579. The van der Waals surface area contributed by atoms with Crippen LogP contribution in [0.2, 0.25) is 0 Å². The monoisotopic (exact) mass is 420 g/mol. The molecule has 28 heavy (non-hydrogen) atoms. The van der Waals surface area contributed by atoms with Crippen LogP contribution in [-0.2, 0) is 9.53 Å². The van der Waals surface area contributed by atoms with E-state index in [4.69, 9.17) is 4.74 Å². The van der Waals surface area contributed by atoms with Crippen molar-refractivity contribution in [1.29, 1.82) is 0 Å². The molecule has 1 saturated heterocycles. The number of nitrogens with one attached hydrogen (secondary N) is 1. The van der Waals surface area contributed by atoms with Crippen LogP contribution in [0.5, 0.6) is 0 Å². The van der Waals surface area contributed by atoms with Crippen LogP contribution < -0.4 is 5.32 Å². The highest BCUT2D eigenvalue weighted by atomic mass is 32.1. The number of ether oxygens (including phenoxy) is 1. The maximum absolute atomic E-state index is 13.3. The maximum atomic E-state index is 13.3. The molecule has 2 unspecified atom stereocenters. The molecule has 1 saturated carbocycles. The maximum Gasteiger partial charge on any atom is 0.276 e. The number of carbonyl (C=O) groups is 2. The Hall–Kier alpha value is -1.84. The van der Waals surface area contributed by atoms with E-state index >= 15 is 0 Å². The molecule has 0 aromatic carbocycles. The Bertz CT molecular complexity index is 769. The lowest BCUT2D eigenvalue weighted by molar-refractivity contribution is -0.127. The van der Waals surface area contributed by atoms with E-state index < -0.39 is 6.04 Å². The molecule has 150 valence electrons. The SMILES string of the molecule is O=C(NC1CCCC1)C(c1cccs1)N(CC1CCCO1)C(=O)c1csnn1. The summed E-state index contributed by atoms with van der Waals surface area (Å²) in [6.45, 7) is 1.07. The summed E-state index contributed by atoms with van der Waals surface area (Å²) < 4.78 is 9.60. The van der Waals surface area contributed by atoms with Crippen molar-refractivity contribution in [2.75, 3.05) is 13.2 Å². The fourth-order valence-corrected chi connectivity index (χ4v) is 5.20. The quantitative estimate of drug-likeness (QED) is 0.744. The Balaban J connectivity index is 1.63. The Morgan fingerprint density at radius 1 is 1.29 bits per heavy atom. The molecular weight excluding hydrogens is 396 g/mol. The van der Waals surface area contributed by atoms with Gasteiger partial charge in [-0.25, -0.2) is 0 Å². The van der Waals surface area contributed by atoms with Crippen LogP contribution in [0.1, 0.15) is 59.9 Å². The number of thiophene rings is 1. The highest BCUT2D eigenvalue weighted by molar-refractivity contribution is 7.10. The lowest BCUT2D eigenvalue weighted by atomic mass is 10.1. The summed E-state index contributed by atoms with van der Waals surface area (Å²) in [5.41, 5.74) is 0.276. The smallest absolute Gasteiger partial charge is 0.276 e. The van der Waals surface area contributed by atoms with Crippen molar-refractivity contribution in [3.8, 4) is 0 Å². The van der Waals surface area contributed by atoms with Gasteiger partial charge in [-0.05, 0) is 48.7 Å². The number of carbonyl (C=O) groups excluding carboxylic acids is 2. The minimum Gasteiger partial charge on any atom is -0.376 e. The van der Waals surface area contributed by atoms with Gasteiger partial charge in [0.1, 0.15) is 6.04 Å². The molecule has 3 heterocycles. The average Bonchev–Trinajstić information content (AvgIpc) is 3.50. The van der Waals surface area contributed by atoms with Gasteiger partial charge >= 0.3 is 0 Å². The van der Waals surface area contributed by atoms with Gasteiger partial charge in [0.05, 0.1) is 6.10 Å². The van der Waals surface area contributed by atoms with Gasteiger partial charge in [-0.2, -0.15) is 0 Å². The van der Waals surface area contributed by atoms with Crippen molar-refractivity contribution >= 4 is 34.7 Å². The zero-order valence-electron chi connectivity index (χ0n) is 15.6. The second-order valence-corrected chi connectivity index (χ2v) is 8.88. The first-order valence-electron chi connectivity index (χ1n) is 9.76. The van der Waals surface area contributed by atoms with E-state index in [0.29, 0.717) is 13.2 Å². The molecule has 2 atom stereocenters. The number of rotatable bonds is 7. The standard InChI is InChI=1S/C19H24N4O3S2/c24-18(20-13-5-1-2-6-13)17(16-8-4-10-27-16)23(11-14-7-3-9-26-14)19(25)15-12-28-22-21-15/h4,8,10,12-14,17H,1-3,5-7,9,11H2,(H,20,24). The summed E-state index contributed by atoms with van der Waals surface area (Å²) in [4.78, 5) is 29.1. The van der Waals surface area contributed by atoms with E-state index in [-0.39, 0.29) is 29.7 Å². The van der Waals surface area contributed by atoms with Crippen LogP contribution in [0.15, 0.2) is 22.9 Å². The third-order valence-corrected chi connectivity index (χ3v) is 6.77. The molecule has 2 aliphatic rings. The Labute approximate surface area is 172 Å². The molecule has 0 radical (unpaired) electrons. The number of hydrogen-bond donors (Lipinski definition) is 1. The van der Waals surface area contributed by atoms with Crippen molar-refractivity contribution in [1.82, 2.24) is 19.8 Å². The predicted octanol–water partition coefficient (Wildman–Crippen LogP) is 3.02. The fourth-order valence-electron chi connectivity index (χ4n) is 3.94. The minimum atomic E-state index is -0.681. The number of aromatic nitrogens is 2. The summed E-state index contributed by atoms with van der Waals surface area (Å²) in [7, 11) is 0. The summed E-state index contributed by atoms with van der Waals surface area (Å²) in [6, 6.07) is 3.34. The van der Waals surface area contributed by atoms with E-state index in [0.717, 1.165) is 54.9 Å². The molecule has 1 N–H and O–H groups in total. The third-order valence-electron chi connectivity index (χ3n) is 5.34. The Kier molecular flexibility index (Phi) is 6.33. The van der Waals surface area contributed by atoms with Crippen molar-refractivity contribution < 1.29 is 14.3 Å². The van der Waals surface area contributed by atoms with Gasteiger partial charge < -0.3 is 15.0 Å². The zero-order chi connectivity index (χ0) is 19.3. The zero-order valence-corrected chi connectivity index (χ0v) is 17.2. The van der Waals surface area contributed by atoms with Gasteiger partial charge in [-0.3, -0.25) is 9.59 Å². The van der Waals surface area contributed by atoms with Crippen LogP contribution >= 0.6 is 22.9 Å². The molecule has 2 aromatic rings. The molecule has 1 aliphatic heterocycles. The molecule has 7 nitrogen and oxygen atoms in total. The van der Waals surface area contributed by atoms with Gasteiger partial charge in [0.25, 0.3) is 5.91 Å². The average molecular weight is 421 g/mol. The first-order chi connectivity index (χ1) is 13.7. The molecule has 4 rings (SSSR count). The second-order valence-electron chi connectivity index (χ2n) is 7.29. The van der Waals surface area contributed by atoms with Crippen molar-refractivity contribution in [3.63, 3.8) is 0 Å². The van der Waals surface area contributed by atoms with E-state index in [1.807, 2.05) is 17.5 Å². The van der Waals surface area contributed by atoms with Crippen molar-refractivity contribution in [2.45, 2.75) is 56.7 Å². The van der Waals surface area contributed by atoms with Crippen molar-refractivity contribution in [3.05, 3.63) is 33.5 Å². The van der Waals surface area contributed by atoms with Gasteiger partial charge in [0.2, 0.25) is 5.91 Å². The molecule has 1 aliphatic carbocycles. The van der Waals surface area contributed by atoms with Gasteiger partial charge in [0.15, 0.2) is 5.69 Å². The highest BCUT2D eigenvalue weighted by Gasteiger charge is 2.37. The van der Waals surface area contributed by atoms with Crippen LogP contribution in [0.4, 0.5) is 0 Å². The highest BCUT2D eigenvalue weighted by Crippen LogP contribution is 2.30. The van der Waals surface area contributed by atoms with Crippen LogP contribution in [0, 0.1) is 0 Å². The van der Waals surface area contributed by atoms with Crippen LogP contribution in [0.3, 0.4) is 0 Å². The van der Waals surface area contributed by atoms with E-state index in [2.05, 4.69) is 14.9 Å². The summed E-state index contributed by atoms with van der Waals surface area (Å²) in [5.74, 6) is -0.395. The minimum absolute atomic E-state index is 0.0581. The topological polar surface area (TPSA) is 84.4 Å². The molecule has 2 aromatic heterocycles. The van der Waals surface area contributed by atoms with Crippen LogP contribution in [-0.4, -0.2) is 51.6 Å². The second kappa shape index (κ2) is 9.11. The van der Waals surface area contributed by atoms with E-state index in [9.17, 15) is 9.59 Å². The normalized spacial score (nSPS) is 20.9. The van der Waals surface area contributed by atoms with Gasteiger partial charge in [-0.1, -0.05) is 23.4 Å². The Morgan fingerprint density at radius 2 is 2.14 bits per heavy atom. The summed E-state index contributed by atoms with van der Waals surface area (Å²) in [5, 5.41) is 10.7. The largest absolute Gasteiger partial charge is 0.376 e. The molecule has 9 heteroatoms. The molecular formula is C19H24N4O3S2. The number of nitrogens with zero attached hydrogens (tertiary/aromatic N) is 3. The third kappa shape index (κ3) is 4.42. The molecule has 2 amide bonds. The first-order valence-corrected chi connectivity index (χ1v) is 11.5.